The second kappa shape index (κ2) is 17.0. The number of fused-ring (bicyclic) bond motifs is 9. The van der Waals surface area contributed by atoms with Crippen molar-refractivity contribution in [2.45, 2.75) is 5.41 Å². The Hall–Kier alpha value is -9.20. The van der Waals surface area contributed by atoms with Crippen molar-refractivity contribution >= 4 is 6.08 Å². The Balaban J connectivity index is 0.981. The van der Waals surface area contributed by atoms with Crippen molar-refractivity contribution < 1.29 is 4.74 Å². The van der Waals surface area contributed by atoms with Crippen LogP contribution in [0.4, 0.5) is 0 Å². The van der Waals surface area contributed by atoms with E-state index in [9.17, 15) is 0 Å². The zero-order valence-electron chi connectivity index (χ0n) is 36.7. The van der Waals surface area contributed by atoms with Gasteiger partial charge < -0.3 is 4.74 Å². The molecule has 320 valence electrons. The minimum absolute atomic E-state index is 0.567. The Labute approximate surface area is 394 Å². The van der Waals surface area contributed by atoms with Crippen LogP contribution in [0.5, 0.6) is 11.5 Å². The normalized spacial score (nSPS) is 12.9. The predicted octanol–water partition coefficient (Wildman–Crippen LogP) is 14.3. The largest absolute Gasteiger partial charge is 0.457 e. The van der Waals surface area contributed by atoms with E-state index in [1.54, 1.807) is 18.5 Å². The number of aromatic nitrogens is 6. The van der Waals surface area contributed by atoms with Crippen molar-refractivity contribution in [3.05, 3.63) is 259 Å². The maximum atomic E-state index is 7.17. The summed E-state index contributed by atoms with van der Waals surface area (Å²) >= 11 is 0. The molecule has 0 N–H and O–H groups in total. The fourth-order valence-corrected chi connectivity index (χ4v) is 9.67. The summed E-state index contributed by atoms with van der Waals surface area (Å²) in [4.78, 5) is 28.9. The highest BCUT2D eigenvalue weighted by Crippen LogP contribution is 2.62. The number of nitrogens with zero attached hydrogens (tertiary/aromatic N) is 6. The van der Waals surface area contributed by atoms with Gasteiger partial charge in [0, 0.05) is 34.6 Å². The molecule has 12 rings (SSSR count). The quantitative estimate of drug-likeness (QED) is 0.134. The fourth-order valence-electron chi connectivity index (χ4n) is 9.67. The third kappa shape index (κ3) is 7.01. The second-order valence-electron chi connectivity index (χ2n) is 16.7. The van der Waals surface area contributed by atoms with Crippen molar-refractivity contribution in [3.8, 4) is 90.4 Å². The van der Waals surface area contributed by atoms with Crippen LogP contribution in [0, 0.1) is 0 Å². The van der Waals surface area contributed by atoms with E-state index in [0.29, 0.717) is 17.5 Å². The lowest BCUT2D eigenvalue weighted by atomic mass is 9.65. The molecule has 6 aromatic carbocycles. The van der Waals surface area contributed by atoms with Crippen LogP contribution in [0.2, 0.25) is 0 Å². The monoisotopic (exact) mass is 872 g/mol. The SMILES string of the molecule is C=C/C=C\C=C\c1nc(-c2ccccc2)nc(-c2ccc(-c3ccc4c(c3)Oc3cc(-c5cc(-c6ccccn6)nc(-c6ccccn6)c5)ccc3C43c4ccccc4-c4ccccc43)cc2)n1. The number of ether oxygens (including phenoxy) is 1. The van der Waals surface area contributed by atoms with Crippen molar-refractivity contribution in [3.63, 3.8) is 0 Å². The van der Waals surface area contributed by atoms with Crippen LogP contribution in [0.3, 0.4) is 0 Å². The second-order valence-corrected chi connectivity index (χ2v) is 16.7. The van der Waals surface area contributed by atoms with E-state index in [2.05, 4.69) is 138 Å². The molecule has 0 unspecified atom stereocenters. The van der Waals surface area contributed by atoms with E-state index < -0.39 is 5.41 Å². The standard InChI is InChI=1S/C61H40N6O/c1-2-3-4-8-25-58-65-59(41-17-6-5-7-18-41)67-60(66-58)42-28-26-40(27-29-42)43-30-32-50-56(38-43)68-57-39-44(31-33-51(57)61(50)48-21-11-9-19-46(48)47-20-10-12-22-49(47)61)45-36-54(52-23-13-15-34-62-52)64-55(37-45)53-24-14-16-35-63-53/h2-39H,1H2/b4-3-,25-8+. The Bertz CT molecular complexity index is 3500. The molecule has 4 aromatic heterocycles. The topological polar surface area (TPSA) is 86.6 Å². The first-order valence-electron chi connectivity index (χ1n) is 22.5. The zero-order valence-corrected chi connectivity index (χ0v) is 36.7. The molecular formula is C61H40N6O. The lowest BCUT2D eigenvalue weighted by Gasteiger charge is -2.39. The van der Waals surface area contributed by atoms with Crippen molar-refractivity contribution in [1.82, 2.24) is 29.9 Å². The average molecular weight is 873 g/mol. The van der Waals surface area contributed by atoms with Gasteiger partial charge in [-0.25, -0.2) is 19.9 Å². The highest BCUT2D eigenvalue weighted by atomic mass is 16.5. The van der Waals surface area contributed by atoms with Gasteiger partial charge in [0.25, 0.3) is 0 Å². The number of benzene rings is 6. The molecule has 7 heteroatoms. The summed E-state index contributed by atoms with van der Waals surface area (Å²) in [6.45, 7) is 3.77. The Morgan fingerprint density at radius 3 is 1.47 bits per heavy atom. The molecule has 68 heavy (non-hydrogen) atoms. The molecule has 10 aromatic rings. The summed E-state index contributed by atoms with van der Waals surface area (Å²) in [5.74, 6) is 3.36. The van der Waals surface area contributed by atoms with Gasteiger partial charge in [-0.05, 0) is 99.1 Å². The van der Waals surface area contributed by atoms with Crippen LogP contribution in [0.15, 0.2) is 231 Å². The Morgan fingerprint density at radius 2 is 0.897 bits per heavy atom. The summed E-state index contributed by atoms with van der Waals surface area (Å²) in [5.41, 5.74) is 15.4. The van der Waals surface area contributed by atoms with Crippen LogP contribution >= 0.6 is 0 Å². The highest BCUT2D eigenvalue weighted by molar-refractivity contribution is 5.90. The van der Waals surface area contributed by atoms with Crippen LogP contribution in [-0.4, -0.2) is 29.9 Å². The smallest absolute Gasteiger partial charge is 0.164 e. The van der Waals surface area contributed by atoms with Crippen LogP contribution in [-0.2, 0) is 5.41 Å². The summed E-state index contributed by atoms with van der Waals surface area (Å²) < 4.78 is 7.17. The van der Waals surface area contributed by atoms with E-state index >= 15 is 0 Å². The molecule has 1 aliphatic carbocycles. The third-order valence-corrected chi connectivity index (χ3v) is 12.7. The number of rotatable bonds is 9. The van der Waals surface area contributed by atoms with Crippen molar-refractivity contribution in [2.24, 2.45) is 0 Å². The van der Waals surface area contributed by atoms with Crippen molar-refractivity contribution in [2.75, 3.05) is 0 Å². The molecule has 0 bridgehead atoms. The number of allylic oxidation sites excluding steroid dienone is 4. The Morgan fingerprint density at radius 1 is 0.382 bits per heavy atom. The van der Waals surface area contributed by atoms with Crippen LogP contribution in [0.1, 0.15) is 28.1 Å². The molecule has 0 atom stereocenters. The summed E-state index contributed by atoms with van der Waals surface area (Å²) in [6, 6.07) is 65.3. The van der Waals surface area contributed by atoms with Crippen LogP contribution < -0.4 is 4.74 Å². The molecular weight excluding hydrogens is 833 g/mol. The molecule has 0 saturated carbocycles. The van der Waals surface area contributed by atoms with Gasteiger partial charge in [-0.2, -0.15) is 0 Å². The Kier molecular flexibility index (Phi) is 10.1. The lowest BCUT2D eigenvalue weighted by molar-refractivity contribution is 0.437. The van der Waals surface area contributed by atoms with E-state index in [1.807, 2.05) is 91.0 Å². The first kappa shape index (κ1) is 40.3. The predicted molar refractivity (Wildman–Crippen MR) is 272 cm³/mol. The minimum Gasteiger partial charge on any atom is -0.457 e. The summed E-state index contributed by atoms with van der Waals surface area (Å²) in [6.07, 6.45) is 12.9. The summed E-state index contributed by atoms with van der Waals surface area (Å²) in [7, 11) is 0. The molecule has 0 amide bonds. The van der Waals surface area contributed by atoms with Gasteiger partial charge in [-0.15, -0.1) is 0 Å². The zero-order chi connectivity index (χ0) is 45.4. The van der Waals surface area contributed by atoms with E-state index in [-0.39, 0.29) is 0 Å². The molecule has 0 fully saturated rings. The molecule has 1 spiro atoms. The minimum atomic E-state index is -0.629. The third-order valence-electron chi connectivity index (χ3n) is 12.7. The molecule has 0 radical (unpaired) electrons. The highest BCUT2D eigenvalue weighted by Gasteiger charge is 2.51. The first-order valence-corrected chi connectivity index (χ1v) is 22.5. The molecule has 7 nitrogen and oxygen atoms in total. The number of hydrogen-bond donors (Lipinski definition) is 0. The van der Waals surface area contributed by atoms with Crippen LogP contribution in [0.25, 0.3) is 85.0 Å². The first-order chi connectivity index (χ1) is 33.6. The van der Waals surface area contributed by atoms with Gasteiger partial charge in [-0.1, -0.05) is 170 Å². The summed E-state index contributed by atoms with van der Waals surface area (Å²) in [5, 5.41) is 0. The molecule has 1 aliphatic heterocycles. The maximum Gasteiger partial charge on any atom is 0.164 e. The maximum absolute atomic E-state index is 7.17. The van der Waals surface area contributed by atoms with Gasteiger partial charge >= 0.3 is 0 Å². The molecule has 0 saturated heterocycles. The number of pyridine rings is 3. The van der Waals surface area contributed by atoms with Gasteiger partial charge in [0.15, 0.2) is 17.5 Å². The average Bonchev–Trinajstić information content (AvgIpc) is 3.70. The van der Waals surface area contributed by atoms with Crippen molar-refractivity contribution in [1.29, 1.82) is 0 Å². The van der Waals surface area contributed by atoms with Gasteiger partial charge in [0.05, 0.1) is 28.2 Å². The van der Waals surface area contributed by atoms with Gasteiger partial charge in [-0.3, -0.25) is 9.97 Å². The molecule has 5 heterocycles. The fraction of sp³-hybridized carbons (Fsp3) is 0.0164. The van der Waals surface area contributed by atoms with Gasteiger partial charge in [0.2, 0.25) is 0 Å². The van der Waals surface area contributed by atoms with E-state index in [0.717, 1.165) is 78.8 Å². The van der Waals surface area contributed by atoms with Gasteiger partial charge in [0.1, 0.15) is 11.5 Å². The van der Waals surface area contributed by atoms with E-state index in [1.165, 1.54) is 22.3 Å². The molecule has 2 aliphatic rings. The number of hydrogen-bond acceptors (Lipinski definition) is 7. The van der Waals surface area contributed by atoms with E-state index in [4.69, 9.17) is 24.7 Å². The lowest BCUT2D eigenvalue weighted by Crippen LogP contribution is -2.32.